The van der Waals surface area contributed by atoms with Crippen LogP contribution in [0.25, 0.3) is 0 Å². The molecule has 15 heavy (non-hydrogen) atoms. The summed E-state index contributed by atoms with van der Waals surface area (Å²) in [5, 5.41) is 11.9. The van der Waals surface area contributed by atoms with E-state index in [-0.39, 0.29) is 17.9 Å². The summed E-state index contributed by atoms with van der Waals surface area (Å²) in [5.41, 5.74) is 5.60. The molecule has 0 aliphatic heterocycles. The van der Waals surface area contributed by atoms with Gasteiger partial charge in [-0.1, -0.05) is 12.8 Å². The first-order chi connectivity index (χ1) is 7.09. The number of amides is 1. The van der Waals surface area contributed by atoms with Crippen molar-refractivity contribution in [3.63, 3.8) is 0 Å². The van der Waals surface area contributed by atoms with Crippen molar-refractivity contribution in [2.75, 3.05) is 13.2 Å². The minimum Gasteiger partial charge on any atom is -0.396 e. The Labute approximate surface area is 91.2 Å². The maximum absolute atomic E-state index is 11.3. The van der Waals surface area contributed by atoms with E-state index < -0.39 is 6.04 Å². The van der Waals surface area contributed by atoms with Crippen LogP contribution in [0.3, 0.4) is 0 Å². The maximum atomic E-state index is 11.3. The maximum Gasteiger partial charge on any atom is 0.236 e. The van der Waals surface area contributed by atoms with Crippen LogP contribution in [0.5, 0.6) is 0 Å². The summed E-state index contributed by atoms with van der Waals surface area (Å²) in [5.74, 6) is -0.0979. The second kappa shape index (κ2) is 5.47. The Kier molecular flexibility index (Phi) is 4.54. The monoisotopic (exact) mass is 214 g/mol. The van der Waals surface area contributed by atoms with Crippen LogP contribution in [0.1, 0.15) is 39.0 Å². The molecule has 0 radical (unpaired) electrons. The highest BCUT2D eigenvalue weighted by atomic mass is 16.3. The molecule has 4 N–H and O–H groups in total. The molecule has 0 aromatic rings. The SMILES string of the molecule is CC(N)C(=O)NCC1(CCO)CCCC1. The van der Waals surface area contributed by atoms with Crippen LogP contribution in [0.15, 0.2) is 0 Å². The minimum atomic E-state index is -0.447. The van der Waals surface area contributed by atoms with Crippen molar-refractivity contribution in [3.05, 3.63) is 0 Å². The Morgan fingerprint density at radius 1 is 1.53 bits per heavy atom. The fraction of sp³-hybridized carbons (Fsp3) is 0.909. The molecule has 1 aliphatic carbocycles. The average molecular weight is 214 g/mol. The zero-order valence-corrected chi connectivity index (χ0v) is 9.46. The quantitative estimate of drug-likeness (QED) is 0.620. The van der Waals surface area contributed by atoms with Gasteiger partial charge in [0, 0.05) is 13.2 Å². The number of carbonyl (C=O) groups is 1. The molecule has 1 aliphatic rings. The Morgan fingerprint density at radius 3 is 2.60 bits per heavy atom. The first kappa shape index (κ1) is 12.5. The van der Waals surface area contributed by atoms with E-state index in [0.29, 0.717) is 6.54 Å². The summed E-state index contributed by atoms with van der Waals surface area (Å²) in [7, 11) is 0. The zero-order valence-electron chi connectivity index (χ0n) is 9.46. The van der Waals surface area contributed by atoms with Crippen LogP contribution in [0, 0.1) is 5.41 Å². The topological polar surface area (TPSA) is 75.4 Å². The standard InChI is InChI=1S/C11H22N2O2/c1-9(12)10(15)13-8-11(6-7-14)4-2-3-5-11/h9,14H,2-8,12H2,1H3,(H,13,15). The molecular weight excluding hydrogens is 192 g/mol. The Balaban J connectivity index is 2.42. The lowest BCUT2D eigenvalue weighted by Crippen LogP contribution is -2.43. The van der Waals surface area contributed by atoms with Crippen molar-refractivity contribution in [2.24, 2.45) is 11.1 Å². The fourth-order valence-corrected chi connectivity index (χ4v) is 2.31. The fourth-order valence-electron chi connectivity index (χ4n) is 2.31. The van der Waals surface area contributed by atoms with Crippen molar-refractivity contribution < 1.29 is 9.90 Å². The van der Waals surface area contributed by atoms with E-state index in [1.165, 1.54) is 12.8 Å². The summed E-state index contributed by atoms with van der Waals surface area (Å²) < 4.78 is 0. The van der Waals surface area contributed by atoms with Gasteiger partial charge in [0.2, 0.25) is 5.91 Å². The molecule has 0 aromatic carbocycles. The minimum absolute atomic E-state index is 0.0979. The van der Waals surface area contributed by atoms with Gasteiger partial charge in [0.25, 0.3) is 0 Å². The van der Waals surface area contributed by atoms with Crippen molar-refractivity contribution in [1.82, 2.24) is 5.32 Å². The Hall–Kier alpha value is -0.610. The van der Waals surface area contributed by atoms with E-state index in [1.807, 2.05) is 0 Å². The van der Waals surface area contributed by atoms with Crippen LogP contribution in [-0.4, -0.2) is 30.2 Å². The van der Waals surface area contributed by atoms with Crippen molar-refractivity contribution >= 4 is 5.91 Å². The number of carbonyl (C=O) groups excluding carboxylic acids is 1. The van der Waals surface area contributed by atoms with E-state index in [2.05, 4.69) is 5.32 Å². The van der Waals surface area contributed by atoms with Gasteiger partial charge < -0.3 is 16.2 Å². The molecule has 0 saturated heterocycles. The summed E-state index contributed by atoms with van der Waals surface area (Å²) in [4.78, 5) is 11.3. The van der Waals surface area contributed by atoms with E-state index in [0.717, 1.165) is 19.3 Å². The van der Waals surface area contributed by atoms with Gasteiger partial charge in [-0.25, -0.2) is 0 Å². The third kappa shape index (κ3) is 3.47. The lowest BCUT2D eigenvalue weighted by molar-refractivity contribution is -0.122. The van der Waals surface area contributed by atoms with Crippen LogP contribution >= 0.6 is 0 Å². The normalized spacial score (nSPS) is 21.3. The van der Waals surface area contributed by atoms with Gasteiger partial charge in [-0.15, -0.1) is 0 Å². The van der Waals surface area contributed by atoms with Gasteiger partial charge >= 0.3 is 0 Å². The lowest BCUT2D eigenvalue weighted by atomic mass is 9.83. The summed E-state index contributed by atoms with van der Waals surface area (Å²) in [6.45, 7) is 2.55. The molecular formula is C11H22N2O2. The molecule has 4 heteroatoms. The number of aliphatic hydroxyl groups is 1. The van der Waals surface area contributed by atoms with Gasteiger partial charge in [0.15, 0.2) is 0 Å². The smallest absolute Gasteiger partial charge is 0.236 e. The van der Waals surface area contributed by atoms with Crippen LogP contribution < -0.4 is 11.1 Å². The predicted octanol–water partition coefficient (Wildman–Crippen LogP) is 0.393. The molecule has 1 amide bonds. The van der Waals surface area contributed by atoms with Crippen molar-refractivity contribution in [2.45, 2.75) is 45.1 Å². The summed E-state index contributed by atoms with van der Waals surface area (Å²) >= 11 is 0. The molecule has 88 valence electrons. The molecule has 1 atom stereocenters. The van der Waals surface area contributed by atoms with E-state index >= 15 is 0 Å². The number of nitrogens with one attached hydrogen (secondary N) is 1. The van der Waals surface area contributed by atoms with E-state index in [4.69, 9.17) is 10.8 Å². The van der Waals surface area contributed by atoms with Gasteiger partial charge in [-0.2, -0.15) is 0 Å². The number of nitrogens with two attached hydrogens (primary N) is 1. The lowest BCUT2D eigenvalue weighted by Gasteiger charge is -2.28. The summed E-state index contributed by atoms with van der Waals surface area (Å²) in [6.07, 6.45) is 5.40. The van der Waals surface area contributed by atoms with Crippen LogP contribution in [-0.2, 0) is 4.79 Å². The third-order valence-corrected chi connectivity index (χ3v) is 3.36. The van der Waals surface area contributed by atoms with Gasteiger partial charge in [-0.3, -0.25) is 4.79 Å². The number of hydrogen-bond donors (Lipinski definition) is 3. The molecule has 0 spiro atoms. The molecule has 1 rings (SSSR count). The average Bonchev–Trinajstić information content (AvgIpc) is 2.64. The number of hydrogen-bond acceptors (Lipinski definition) is 3. The zero-order chi connectivity index (χ0) is 11.3. The molecule has 1 unspecified atom stereocenters. The van der Waals surface area contributed by atoms with Gasteiger partial charge in [0.05, 0.1) is 6.04 Å². The van der Waals surface area contributed by atoms with E-state index in [9.17, 15) is 4.79 Å². The predicted molar refractivity (Wildman–Crippen MR) is 59.3 cm³/mol. The third-order valence-electron chi connectivity index (χ3n) is 3.36. The van der Waals surface area contributed by atoms with Gasteiger partial charge in [-0.05, 0) is 31.6 Å². The first-order valence-corrected chi connectivity index (χ1v) is 5.74. The highest BCUT2D eigenvalue weighted by molar-refractivity contribution is 5.80. The van der Waals surface area contributed by atoms with E-state index in [1.54, 1.807) is 6.92 Å². The van der Waals surface area contributed by atoms with Crippen molar-refractivity contribution in [1.29, 1.82) is 0 Å². The molecule has 1 fully saturated rings. The molecule has 0 bridgehead atoms. The molecule has 0 aromatic heterocycles. The van der Waals surface area contributed by atoms with Gasteiger partial charge in [0.1, 0.15) is 0 Å². The Bertz CT molecular complexity index is 211. The van der Waals surface area contributed by atoms with Crippen LogP contribution in [0.4, 0.5) is 0 Å². The Morgan fingerprint density at radius 2 is 2.13 bits per heavy atom. The summed E-state index contributed by atoms with van der Waals surface area (Å²) in [6, 6.07) is -0.447. The molecule has 4 nitrogen and oxygen atoms in total. The number of aliphatic hydroxyl groups excluding tert-OH is 1. The first-order valence-electron chi connectivity index (χ1n) is 5.74. The highest BCUT2D eigenvalue weighted by Crippen LogP contribution is 2.40. The highest BCUT2D eigenvalue weighted by Gasteiger charge is 2.33. The van der Waals surface area contributed by atoms with Crippen molar-refractivity contribution in [3.8, 4) is 0 Å². The second-order valence-corrected chi connectivity index (χ2v) is 4.69. The van der Waals surface area contributed by atoms with Crippen LogP contribution in [0.2, 0.25) is 0 Å². The molecule has 1 saturated carbocycles. The molecule has 0 heterocycles. The largest absolute Gasteiger partial charge is 0.396 e. The second-order valence-electron chi connectivity index (χ2n) is 4.69. The number of rotatable bonds is 5.